The van der Waals surface area contributed by atoms with Crippen molar-refractivity contribution < 1.29 is 19.0 Å². The van der Waals surface area contributed by atoms with Crippen molar-refractivity contribution in [1.82, 2.24) is 0 Å². The number of nitrogens with zero attached hydrogens (tertiary/aromatic N) is 3. The molecule has 0 aliphatic heterocycles. The number of azide groups is 1. The number of ether oxygens (including phenoxy) is 3. The van der Waals surface area contributed by atoms with E-state index < -0.39 is 0 Å². The Bertz CT molecular complexity index is 633. The lowest BCUT2D eigenvalue weighted by Crippen LogP contribution is -2.23. The molecule has 0 unspecified atom stereocenters. The van der Waals surface area contributed by atoms with Crippen LogP contribution in [0.15, 0.2) is 17.2 Å². The molecule has 25 heavy (non-hydrogen) atoms. The van der Waals surface area contributed by atoms with Crippen molar-refractivity contribution in [3.63, 3.8) is 0 Å². The highest BCUT2D eigenvalue weighted by Crippen LogP contribution is 2.40. The zero-order valence-corrected chi connectivity index (χ0v) is 14.8. The van der Waals surface area contributed by atoms with Crippen LogP contribution in [-0.2, 0) is 4.79 Å². The molecule has 2 rings (SSSR count). The van der Waals surface area contributed by atoms with E-state index in [-0.39, 0.29) is 17.9 Å². The van der Waals surface area contributed by atoms with Crippen LogP contribution in [0, 0.1) is 5.92 Å². The maximum Gasteiger partial charge on any atom is 0.224 e. The molecule has 0 saturated heterocycles. The predicted octanol–water partition coefficient (Wildman–Crippen LogP) is 3.91. The minimum atomic E-state index is -0.0825. The molecule has 0 heterocycles. The fourth-order valence-corrected chi connectivity index (χ4v) is 3.25. The van der Waals surface area contributed by atoms with Crippen molar-refractivity contribution in [1.29, 1.82) is 0 Å². The van der Waals surface area contributed by atoms with E-state index in [0.717, 1.165) is 25.7 Å². The van der Waals surface area contributed by atoms with E-state index in [0.29, 0.717) is 29.4 Å². The van der Waals surface area contributed by atoms with Crippen LogP contribution in [-0.4, -0.2) is 33.3 Å². The molecule has 0 spiro atoms. The van der Waals surface area contributed by atoms with Crippen LogP contribution in [0.2, 0.25) is 0 Å². The lowest BCUT2D eigenvalue weighted by molar-refractivity contribution is -0.117. The van der Waals surface area contributed by atoms with E-state index >= 15 is 0 Å². The fourth-order valence-electron chi connectivity index (χ4n) is 3.25. The maximum atomic E-state index is 12.4. The van der Waals surface area contributed by atoms with E-state index in [2.05, 4.69) is 15.3 Å². The topological polar surface area (TPSA) is 106 Å². The van der Waals surface area contributed by atoms with Gasteiger partial charge in [0.25, 0.3) is 0 Å². The highest BCUT2D eigenvalue weighted by molar-refractivity contribution is 5.91. The van der Waals surface area contributed by atoms with Gasteiger partial charge in [-0.1, -0.05) is 11.5 Å². The first-order valence-electron chi connectivity index (χ1n) is 8.25. The SMILES string of the molecule is COc1cc(NC(=O)C[C@@H]2CCC[C@H](N=[N+]=[N-])C2)cc(OC)c1OC. The fraction of sp³-hybridized carbons (Fsp3) is 0.588. The average Bonchev–Trinajstić information content (AvgIpc) is 2.61. The molecule has 8 heteroatoms. The molecule has 0 radical (unpaired) electrons. The van der Waals surface area contributed by atoms with Crippen molar-refractivity contribution >= 4 is 11.6 Å². The third kappa shape index (κ3) is 4.93. The Labute approximate surface area is 147 Å². The maximum absolute atomic E-state index is 12.4. The van der Waals surface area contributed by atoms with Crippen molar-refractivity contribution in [2.24, 2.45) is 11.0 Å². The van der Waals surface area contributed by atoms with Crippen LogP contribution < -0.4 is 19.5 Å². The molecule has 1 fully saturated rings. The number of amides is 1. The van der Waals surface area contributed by atoms with Crippen molar-refractivity contribution in [2.75, 3.05) is 26.6 Å². The Morgan fingerprint density at radius 3 is 2.48 bits per heavy atom. The van der Waals surface area contributed by atoms with Crippen LogP contribution in [0.1, 0.15) is 32.1 Å². The molecule has 1 aromatic rings. The molecule has 0 bridgehead atoms. The first-order valence-corrected chi connectivity index (χ1v) is 8.25. The van der Waals surface area contributed by atoms with Gasteiger partial charge >= 0.3 is 0 Å². The number of methoxy groups -OCH3 is 3. The number of nitrogens with one attached hydrogen (secondary N) is 1. The summed E-state index contributed by atoms with van der Waals surface area (Å²) in [4.78, 5) is 15.3. The monoisotopic (exact) mass is 348 g/mol. The molecular formula is C17H24N4O4. The summed E-state index contributed by atoms with van der Waals surface area (Å²) in [5, 5.41) is 6.67. The number of hydrogen-bond donors (Lipinski definition) is 1. The molecular weight excluding hydrogens is 324 g/mol. The van der Waals surface area contributed by atoms with Crippen LogP contribution in [0.3, 0.4) is 0 Å². The van der Waals surface area contributed by atoms with Gasteiger partial charge in [-0.05, 0) is 30.7 Å². The normalized spacial score (nSPS) is 19.5. The highest BCUT2D eigenvalue weighted by atomic mass is 16.5. The minimum Gasteiger partial charge on any atom is -0.493 e. The number of carbonyl (C=O) groups excluding carboxylic acids is 1. The van der Waals surface area contributed by atoms with E-state index in [4.69, 9.17) is 19.7 Å². The summed E-state index contributed by atoms with van der Waals surface area (Å²) in [6.45, 7) is 0. The van der Waals surface area contributed by atoms with Gasteiger partial charge in [-0.3, -0.25) is 4.79 Å². The summed E-state index contributed by atoms with van der Waals surface area (Å²) in [7, 11) is 4.59. The van der Waals surface area contributed by atoms with Crippen molar-refractivity contribution in [3.05, 3.63) is 22.6 Å². The largest absolute Gasteiger partial charge is 0.493 e. The van der Waals surface area contributed by atoms with Crippen molar-refractivity contribution in [2.45, 2.75) is 38.1 Å². The van der Waals surface area contributed by atoms with Gasteiger partial charge < -0.3 is 19.5 Å². The smallest absolute Gasteiger partial charge is 0.224 e. The van der Waals surface area contributed by atoms with Gasteiger partial charge in [-0.2, -0.15) is 0 Å². The number of anilines is 1. The number of hydrogen-bond acceptors (Lipinski definition) is 5. The number of rotatable bonds is 7. The van der Waals surface area contributed by atoms with Gasteiger partial charge in [0.1, 0.15) is 0 Å². The predicted molar refractivity (Wildman–Crippen MR) is 94.2 cm³/mol. The third-order valence-electron chi connectivity index (χ3n) is 4.39. The molecule has 0 aromatic heterocycles. The first kappa shape index (κ1) is 18.7. The second-order valence-electron chi connectivity index (χ2n) is 6.06. The Balaban J connectivity index is 2.03. The van der Waals surface area contributed by atoms with Gasteiger partial charge in [0, 0.05) is 35.2 Å². The average molecular weight is 348 g/mol. The van der Waals surface area contributed by atoms with E-state index in [1.807, 2.05) is 0 Å². The molecule has 2 atom stereocenters. The molecule has 1 amide bonds. The standard InChI is InChI=1S/C17H24N4O4/c1-23-14-9-13(10-15(24-2)17(14)25-3)19-16(22)8-11-5-4-6-12(7-11)20-21-18/h9-12H,4-8H2,1-3H3,(H,19,22)/t11-,12+/m1/s1. The summed E-state index contributed by atoms with van der Waals surface area (Å²) >= 11 is 0. The minimum absolute atomic E-state index is 0.00211. The van der Waals surface area contributed by atoms with Gasteiger partial charge in [-0.25, -0.2) is 0 Å². The summed E-state index contributed by atoms with van der Waals surface area (Å²) in [5.74, 6) is 1.59. The van der Waals surface area contributed by atoms with Crippen molar-refractivity contribution in [3.8, 4) is 17.2 Å². The zero-order valence-electron chi connectivity index (χ0n) is 14.8. The van der Waals surface area contributed by atoms with Crippen LogP contribution in [0.5, 0.6) is 17.2 Å². The molecule has 1 aliphatic rings. The van der Waals surface area contributed by atoms with Gasteiger partial charge in [0.2, 0.25) is 11.7 Å². The van der Waals surface area contributed by atoms with Gasteiger partial charge in [-0.15, -0.1) is 0 Å². The molecule has 1 aliphatic carbocycles. The van der Waals surface area contributed by atoms with Crippen LogP contribution in [0.4, 0.5) is 5.69 Å². The highest BCUT2D eigenvalue weighted by Gasteiger charge is 2.23. The zero-order chi connectivity index (χ0) is 18.2. The summed E-state index contributed by atoms with van der Waals surface area (Å²) in [6, 6.07) is 3.39. The van der Waals surface area contributed by atoms with Gasteiger partial charge in [0.15, 0.2) is 11.5 Å². The van der Waals surface area contributed by atoms with Crippen LogP contribution >= 0.6 is 0 Å². The quantitative estimate of drug-likeness (QED) is 0.458. The Hall–Kier alpha value is -2.60. The summed E-state index contributed by atoms with van der Waals surface area (Å²) in [5.41, 5.74) is 9.15. The van der Waals surface area contributed by atoms with E-state index in [1.54, 1.807) is 12.1 Å². The Morgan fingerprint density at radius 1 is 1.24 bits per heavy atom. The van der Waals surface area contributed by atoms with Crippen LogP contribution in [0.25, 0.3) is 10.4 Å². The molecule has 1 N–H and O–H groups in total. The molecule has 1 aromatic carbocycles. The Kier molecular flexibility index (Phi) is 6.77. The van der Waals surface area contributed by atoms with E-state index in [1.165, 1.54) is 21.3 Å². The Morgan fingerprint density at radius 2 is 1.92 bits per heavy atom. The lowest BCUT2D eigenvalue weighted by Gasteiger charge is -2.25. The molecule has 1 saturated carbocycles. The lowest BCUT2D eigenvalue weighted by atomic mass is 9.84. The second-order valence-corrected chi connectivity index (χ2v) is 6.06. The number of benzene rings is 1. The number of carbonyl (C=O) groups is 1. The first-order chi connectivity index (χ1) is 12.1. The van der Waals surface area contributed by atoms with Gasteiger partial charge in [0.05, 0.1) is 21.3 Å². The summed E-state index contributed by atoms with van der Waals surface area (Å²) in [6.07, 6.45) is 4.00. The van der Waals surface area contributed by atoms with E-state index in [9.17, 15) is 4.79 Å². The molecule has 8 nitrogen and oxygen atoms in total. The second kappa shape index (κ2) is 9.03. The summed E-state index contributed by atoms with van der Waals surface area (Å²) < 4.78 is 15.9. The molecule has 136 valence electrons. The third-order valence-corrected chi connectivity index (χ3v) is 4.39.